The van der Waals surface area contributed by atoms with E-state index < -0.39 is 164 Å². The summed E-state index contributed by atoms with van der Waals surface area (Å²) in [5.41, 5.74) is 5.50. The molecule has 0 aliphatic heterocycles. The van der Waals surface area contributed by atoms with Crippen molar-refractivity contribution < 1.29 is 83.7 Å². The van der Waals surface area contributed by atoms with E-state index in [-0.39, 0.29) is 0 Å². The van der Waals surface area contributed by atoms with Gasteiger partial charge in [-0.25, -0.2) is 4.79 Å². The topological polar surface area (TPSA) is 447 Å². The van der Waals surface area contributed by atoms with Crippen LogP contribution >= 0.6 is 0 Å². The fourth-order valence-electron chi connectivity index (χ4n) is 4.95. The lowest BCUT2D eigenvalue weighted by Crippen LogP contribution is -2.64. The number of carboxylic acids is 1. The van der Waals surface area contributed by atoms with Gasteiger partial charge in [0.15, 0.2) is 0 Å². The molecule has 0 aromatic rings. The lowest BCUT2D eigenvalue weighted by atomic mass is 10.0. The fraction of sp³-hybridized carbons (Fsp3) is 0.714. The number of carbonyl (C=O) groups excluding carboxylic acids is 9. The van der Waals surface area contributed by atoms with Crippen LogP contribution in [-0.2, 0) is 47.9 Å². The number of aliphatic hydroxyl groups is 6. The number of hydrogen-bond donors (Lipinski definition) is 17. The molecule has 0 saturated carbocycles. The first-order chi connectivity index (χ1) is 28.6. The average Bonchev–Trinajstić information content (AvgIpc) is 3.18. The summed E-state index contributed by atoms with van der Waals surface area (Å²) in [4.78, 5) is 127. The van der Waals surface area contributed by atoms with Crippen molar-refractivity contribution in [1.29, 1.82) is 0 Å². The Bertz CT molecular complexity index is 1590. The second kappa shape index (κ2) is 26.7. The van der Waals surface area contributed by atoms with Crippen LogP contribution in [0.4, 0.5) is 0 Å². The van der Waals surface area contributed by atoms with Gasteiger partial charge in [-0.3, -0.25) is 43.2 Å². The third-order valence-corrected chi connectivity index (χ3v) is 8.78. The van der Waals surface area contributed by atoms with Crippen molar-refractivity contribution >= 4 is 59.1 Å². The van der Waals surface area contributed by atoms with Crippen LogP contribution in [0.2, 0.25) is 0 Å². The van der Waals surface area contributed by atoms with Crippen LogP contribution in [0.5, 0.6) is 0 Å². The number of rotatable bonds is 26. The summed E-state index contributed by atoms with van der Waals surface area (Å²) >= 11 is 0. The SMILES string of the molecule is CC(C)[C@H](NC(=O)[C@H](C)NC(=O)[C@H](C)N)C(=O)N[C@H](C(=O)N[C@@H](CO)C(=O)N[C@H](C(=O)N[C@H](C(=O)N[C@@H](CO)C(=O)N[C@@H](C)C(=O)N[C@@H](CO)C(=O)O)[C@@H](C)O)[C@@H](C)O)[C@@H](C)O. The van der Waals surface area contributed by atoms with Crippen molar-refractivity contribution in [1.82, 2.24) is 47.9 Å². The normalized spacial score (nSPS) is 17.5. The molecule has 354 valence electrons. The second-order valence-corrected chi connectivity index (χ2v) is 14.7. The first-order valence-corrected chi connectivity index (χ1v) is 19.2. The summed E-state index contributed by atoms with van der Waals surface area (Å²) < 4.78 is 0. The molecule has 0 aliphatic carbocycles. The van der Waals surface area contributed by atoms with Crippen molar-refractivity contribution in [2.24, 2.45) is 11.7 Å². The van der Waals surface area contributed by atoms with E-state index in [4.69, 9.17) is 15.9 Å². The summed E-state index contributed by atoms with van der Waals surface area (Å²) in [6, 6.07) is -16.0. The molecule has 0 saturated heterocycles. The Morgan fingerprint density at radius 1 is 0.387 bits per heavy atom. The molecular weight excluding hydrogens is 832 g/mol. The molecule has 0 fully saturated rings. The van der Waals surface area contributed by atoms with Gasteiger partial charge >= 0.3 is 5.97 Å². The summed E-state index contributed by atoms with van der Waals surface area (Å²) in [6.07, 6.45) is -5.14. The van der Waals surface area contributed by atoms with Crippen molar-refractivity contribution in [2.45, 2.75) is 134 Å². The largest absolute Gasteiger partial charge is 0.480 e. The van der Waals surface area contributed by atoms with Gasteiger partial charge in [0.25, 0.3) is 0 Å². The fourth-order valence-corrected chi connectivity index (χ4v) is 4.95. The summed E-state index contributed by atoms with van der Waals surface area (Å²) in [5, 5.41) is 88.2. The first-order valence-electron chi connectivity index (χ1n) is 19.2. The first kappa shape index (κ1) is 56.4. The monoisotopic (exact) mass is 894 g/mol. The minimum absolute atomic E-state index is 0.605. The number of carboxylic acid groups (broad SMARTS) is 1. The lowest BCUT2D eigenvalue weighted by Gasteiger charge is -2.29. The van der Waals surface area contributed by atoms with Gasteiger partial charge in [0.2, 0.25) is 53.2 Å². The van der Waals surface area contributed by atoms with Crippen LogP contribution < -0.4 is 53.6 Å². The van der Waals surface area contributed by atoms with Gasteiger partial charge in [-0.2, -0.15) is 0 Å². The maximum absolute atomic E-state index is 13.3. The summed E-state index contributed by atoms with van der Waals surface area (Å²) in [5.74, 6) is -12.0. The number of hydrogen-bond acceptors (Lipinski definition) is 17. The Morgan fingerprint density at radius 2 is 0.661 bits per heavy atom. The van der Waals surface area contributed by atoms with Gasteiger partial charge in [0.05, 0.1) is 44.2 Å². The highest BCUT2D eigenvalue weighted by Gasteiger charge is 2.37. The summed E-state index contributed by atoms with van der Waals surface area (Å²) in [7, 11) is 0. The Balaban J connectivity index is 5.90. The molecule has 0 unspecified atom stereocenters. The van der Waals surface area contributed by atoms with Gasteiger partial charge in [-0.1, -0.05) is 13.8 Å². The van der Waals surface area contributed by atoms with Gasteiger partial charge < -0.3 is 89.3 Å². The molecule has 0 spiro atoms. The van der Waals surface area contributed by atoms with E-state index in [1.54, 1.807) is 13.8 Å². The van der Waals surface area contributed by atoms with Crippen molar-refractivity contribution in [2.75, 3.05) is 19.8 Å². The molecule has 0 rings (SSSR count). The predicted molar refractivity (Wildman–Crippen MR) is 211 cm³/mol. The predicted octanol–water partition coefficient (Wildman–Crippen LogP) is -9.40. The van der Waals surface area contributed by atoms with E-state index >= 15 is 0 Å². The van der Waals surface area contributed by atoms with E-state index in [2.05, 4.69) is 37.2 Å². The molecule has 0 bridgehead atoms. The second-order valence-electron chi connectivity index (χ2n) is 14.7. The van der Waals surface area contributed by atoms with Crippen molar-refractivity contribution in [3.8, 4) is 0 Å². The maximum atomic E-state index is 13.3. The highest BCUT2D eigenvalue weighted by Crippen LogP contribution is 2.06. The average molecular weight is 895 g/mol. The molecule has 0 radical (unpaired) electrons. The molecule has 18 N–H and O–H groups in total. The van der Waals surface area contributed by atoms with Crippen LogP contribution in [0.3, 0.4) is 0 Å². The molecule has 0 heterocycles. The van der Waals surface area contributed by atoms with Crippen LogP contribution in [0.25, 0.3) is 0 Å². The lowest BCUT2D eigenvalue weighted by molar-refractivity contribution is -0.143. The van der Waals surface area contributed by atoms with Crippen molar-refractivity contribution in [3.63, 3.8) is 0 Å². The Hall–Kier alpha value is -5.58. The molecule has 9 amide bonds. The van der Waals surface area contributed by atoms with E-state index in [0.717, 1.165) is 27.7 Å². The summed E-state index contributed by atoms with van der Waals surface area (Å²) in [6.45, 7) is 6.86. The molecule has 0 aromatic heterocycles. The maximum Gasteiger partial charge on any atom is 0.328 e. The third kappa shape index (κ3) is 18.2. The number of carbonyl (C=O) groups is 10. The van der Waals surface area contributed by atoms with E-state index in [0.29, 0.717) is 0 Å². The van der Waals surface area contributed by atoms with E-state index in [1.807, 2.05) is 10.6 Å². The Labute approximate surface area is 356 Å². The quantitative estimate of drug-likeness (QED) is 0.0383. The van der Waals surface area contributed by atoms with Crippen molar-refractivity contribution in [3.05, 3.63) is 0 Å². The number of amides is 9. The van der Waals surface area contributed by atoms with Crippen LogP contribution in [-0.4, -0.2) is 193 Å². The number of aliphatic hydroxyl groups excluding tert-OH is 6. The highest BCUT2D eigenvalue weighted by molar-refractivity contribution is 5.98. The smallest absolute Gasteiger partial charge is 0.328 e. The van der Waals surface area contributed by atoms with Gasteiger partial charge in [-0.15, -0.1) is 0 Å². The van der Waals surface area contributed by atoms with Gasteiger partial charge in [-0.05, 0) is 47.5 Å². The zero-order valence-electron chi connectivity index (χ0n) is 35.5. The zero-order chi connectivity index (χ0) is 48.3. The highest BCUT2D eigenvalue weighted by atomic mass is 16.4. The minimum Gasteiger partial charge on any atom is -0.480 e. The molecule has 13 atom stereocenters. The number of nitrogens with two attached hydrogens (primary N) is 1. The number of aliphatic carboxylic acids is 1. The molecule has 27 heteroatoms. The van der Waals surface area contributed by atoms with Gasteiger partial charge in [0.1, 0.15) is 54.4 Å². The molecular formula is C35H62N10O17. The van der Waals surface area contributed by atoms with E-state index in [9.17, 15) is 73.5 Å². The Morgan fingerprint density at radius 3 is 0.984 bits per heavy atom. The van der Waals surface area contributed by atoms with Crippen LogP contribution in [0.1, 0.15) is 55.4 Å². The number of nitrogens with one attached hydrogen (secondary N) is 9. The molecule has 27 nitrogen and oxygen atoms in total. The minimum atomic E-state index is -1.96. The Kier molecular flexibility index (Phi) is 24.3. The molecule has 0 aliphatic rings. The van der Waals surface area contributed by atoms with Crippen LogP contribution in [0.15, 0.2) is 0 Å². The van der Waals surface area contributed by atoms with Gasteiger partial charge in [0, 0.05) is 0 Å². The standard InChI is InChI=1S/C35H62N10O17/c1-12(2)22(42-28(54)15(5)37-26(52)13(3)36)31(57)44-23(16(6)49)32(58)40-20(10-47)30(56)43-25(18(8)51)34(60)45-24(17(7)50)33(59)39-19(9-46)29(55)38-14(4)27(53)41-21(11-48)35(61)62/h12-25,46-51H,9-11,36H2,1-8H3,(H,37,52)(H,38,55)(H,39,59)(H,40,58)(H,41,53)(H,42,54)(H,43,56)(H,44,57)(H,45,60)(H,61,62)/t13-,14-,15-,16+,17+,18+,19-,20-,21-,22-,23-,24-,25-/m0/s1. The molecule has 0 aromatic carbocycles. The zero-order valence-corrected chi connectivity index (χ0v) is 35.5. The van der Waals surface area contributed by atoms with Crippen LogP contribution in [0, 0.1) is 5.92 Å². The molecule has 62 heavy (non-hydrogen) atoms. The third-order valence-electron chi connectivity index (χ3n) is 8.78. The van der Waals surface area contributed by atoms with E-state index in [1.165, 1.54) is 13.8 Å².